The van der Waals surface area contributed by atoms with E-state index in [-0.39, 0.29) is 12.0 Å². The summed E-state index contributed by atoms with van der Waals surface area (Å²) in [7, 11) is 0. The zero-order valence-electron chi connectivity index (χ0n) is 13.5. The molecule has 0 amide bonds. The predicted octanol–water partition coefficient (Wildman–Crippen LogP) is 1.89. The largest absolute Gasteiger partial charge is 0.490 e. The molecule has 0 aliphatic heterocycles. The summed E-state index contributed by atoms with van der Waals surface area (Å²) in [6.07, 6.45) is 1.17. The maximum atomic E-state index is 10.2. The van der Waals surface area contributed by atoms with Gasteiger partial charge in [-0.25, -0.2) is 4.68 Å². The molecule has 2 aromatic heterocycles. The second kappa shape index (κ2) is 6.00. The van der Waals surface area contributed by atoms with Crippen LogP contribution in [0.5, 0.6) is 5.75 Å². The third-order valence-corrected chi connectivity index (χ3v) is 3.57. The predicted molar refractivity (Wildman–Crippen MR) is 86.3 cm³/mol. The number of aliphatic hydroxyl groups is 1. The zero-order valence-corrected chi connectivity index (χ0v) is 13.5. The number of hydrogen-bond donors (Lipinski definition) is 2. The summed E-state index contributed by atoms with van der Waals surface area (Å²) < 4.78 is 7.39. The summed E-state index contributed by atoms with van der Waals surface area (Å²) in [5, 5.41) is 22.9. The van der Waals surface area contributed by atoms with Crippen molar-refractivity contribution in [3.05, 3.63) is 36.3 Å². The lowest BCUT2D eigenvalue weighted by molar-refractivity contribution is 0.0878. The van der Waals surface area contributed by atoms with E-state index in [1.165, 1.54) is 0 Å². The normalized spacial score (nSPS) is 13.4. The van der Waals surface area contributed by atoms with Crippen LogP contribution in [-0.2, 0) is 12.0 Å². The topological polar surface area (TPSA) is 88.8 Å². The molecule has 7 nitrogen and oxygen atoms in total. The van der Waals surface area contributed by atoms with Crippen molar-refractivity contribution in [2.75, 3.05) is 6.61 Å². The fraction of sp³-hybridized carbons (Fsp3) is 0.438. The van der Waals surface area contributed by atoms with Crippen LogP contribution >= 0.6 is 0 Å². The number of ether oxygens (including phenoxy) is 1. The number of fused-ring (bicyclic) bond motifs is 1. The quantitative estimate of drug-likeness (QED) is 0.750. The molecule has 7 heteroatoms. The van der Waals surface area contributed by atoms with Crippen molar-refractivity contribution in [2.45, 2.75) is 38.8 Å². The molecule has 0 unspecified atom stereocenters. The highest BCUT2D eigenvalue weighted by atomic mass is 16.5. The molecule has 0 fully saturated rings. The van der Waals surface area contributed by atoms with Gasteiger partial charge in [-0.05, 0) is 28.6 Å². The van der Waals surface area contributed by atoms with Gasteiger partial charge in [-0.15, -0.1) is 5.10 Å². The van der Waals surface area contributed by atoms with Gasteiger partial charge in [0.2, 0.25) is 0 Å². The Kier molecular flexibility index (Phi) is 4.04. The van der Waals surface area contributed by atoms with Crippen molar-refractivity contribution in [1.29, 1.82) is 0 Å². The summed E-state index contributed by atoms with van der Waals surface area (Å²) in [4.78, 5) is 3.13. The average molecular weight is 315 g/mol. The molecule has 23 heavy (non-hydrogen) atoms. The van der Waals surface area contributed by atoms with E-state index in [4.69, 9.17) is 4.74 Å². The number of benzene rings is 1. The second-order valence-corrected chi connectivity index (χ2v) is 6.59. The Morgan fingerprint density at radius 3 is 2.91 bits per heavy atom. The van der Waals surface area contributed by atoms with Crippen LogP contribution in [-0.4, -0.2) is 43.0 Å². The maximum Gasteiger partial charge on any atom is 0.156 e. The fourth-order valence-electron chi connectivity index (χ4n) is 2.49. The Morgan fingerprint density at radius 2 is 2.13 bits per heavy atom. The van der Waals surface area contributed by atoms with E-state index in [9.17, 15) is 5.11 Å². The Labute approximate surface area is 134 Å². The molecule has 0 aliphatic rings. The first-order valence-electron chi connectivity index (χ1n) is 7.59. The van der Waals surface area contributed by atoms with Crippen molar-refractivity contribution < 1.29 is 9.84 Å². The molecule has 0 spiro atoms. The van der Waals surface area contributed by atoms with E-state index in [2.05, 4.69) is 20.5 Å². The van der Waals surface area contributed by atoms with E-state index in [1.54, 1.807) is 4.68 Å². The second-order valence-electron chi connectivity index (χ2n) is 6.59. The lowest BCUT2D eigenvalue weighted by Gasteiger charge is -2.19. The molecule has 2 heterocycles. The monoisotopic (exact) mass is 315 g/mol. The van der Waals surface area contributed by atoms with Gasteiger partial charge >= 0.3 is 0 Å². The molecular weight excluding hydrogens is 294 g/mol. The minimum Gasteiger partial charge on any atom is -0.490 e. The van der Waals surface area contributed by atoms with Gasteiger partial charge in [-0.1, -0.05) is 26.8 Å². The number of nitrogens with one attached hydrogen (secondary N) is 1. The van der Waals surface area contributed by atoms with Crippen LogP contribution in [0.4, 0.5) is 0 Å². The van der Waals surface area contributed by atoms with E-state index in [1.807, 2.05) is 51.2 Å². The van der Waals surface area contributed by atoms with Gasteiger partial charge in [0, 0.05) is 22.5 Å². The van der Waals surface area contributed by atoms with E-state index < -0.39 is 6.10 Å². The molecule has 0 aliphatic carbocycles. The van der Waals surface area contributed by atoms with Gasteiger partial charge in [-0.3, -0.25) is 0 Å². The summed E-state index contributed by atoms with van der Waals surface area (Å²) in [6, 6.07) is 7.74. The van der Waals surface area contributed by atoms with Crippen molar-refractivity contribution in [1.82, 2.24) is 25.2 Å². The SMILES string of the molecule is CC(C)(C)c1nnnn1C[C@@H](O)COc1cccc2[nH]ccc12. The van der Waals surface area contributed by atoms with Gasteiger partial charge in [0.05, 0.1) is 6.54 Å². The maximum absolute atomic E-state index is 10.2. The van der Waals surface area contributed by atoms with Gasteiger partial charge in [0.1, 0.15) is 18.5 Å². The first-order chi connectivity index (χ1) is 10.9. The Bertz CT molecular complexity index is 787. The fourth-order valence-corrected chi connectivity index (χ4v) is 2.49. The minimum absolute atomic E-state index is 0.174. The molecule has 3 rings (SSSR count). The number of rotatable bonds is 5. The van der Waals surface area contributed by atoms with Crippen LogP contribution in [0.1, 0.15) is 26.6 Å². The van der Waals surface area contributed by atoms with Crippen LogP contribution in [0, 0.1) is 0 Å². The van der Waals surface area contributed by atoms with E-state index in [0.717, 1.165) is 22.5 Å². The third-order valence-electron chi connectivity index (χ3n) is 3.57. The van der Waals surface area contributed by atoms with Gasteiger partial charge in [0.25, 0.3) is 0 Å². The number of hydrogen-bond acceptors (Lipinski definition) is 5. The number of aromatic nitrogens is 5. The summed E-state index contributed by atoms with van der Waals surface area (Å²) in [5.74, 6) is 1.49. The average Bonchev–Trinajstić information content (AvgIpc) is 3.12. The van der Waals surface area contributed by atoms with Crippen LogP contribution in [0.25, 0.3) is 10.9 Å². The number of aliphatic hydroxyl groups excluding tert-OH is 1. The molecule has 0 bridgehead atoms. The molecule has 0 saturated carbocycles. The Balaban J connectivity index is 1.65. The number of H-pyrrole nitrogens is 1. The summed E-state index contributed by atoms with van der Waals surface area (Å²) in [5.41, 5.74) is 0.827. The van der Waals surface area contributed by atoms with Crippen LogP contribution in [0.15, 0.2) is 30.5 Å². The number of nitrogens with zero attached hydrogens (tertiary/aromatic N) is 4. The Morgan fingerprint density at radius 1 is 1.30 bits per heavy atom. The number of aromatic amines is 1. The van der Waals surface area contributed by atoms with Crippen molar-refractivity contribution in [3.8, 4) is 5.75 Å². The van der Waals surface area contributed by atoms with Crippen molar-refractivity contribution >= 4 is 10.9 Å². The lowest BCUT2D eigenvalue weighted by atomic mass is 9.96. The highest BCUT2D eigenvalue weighted by molar-refractivity contribution is 5.85. The standard InChI is InChI=1S/C16H21N5O2/c1-16(2,3)15-18-19-20-21(15)9-11(22)10-23-14-6-4-5-13-12(14)7-8-17-13/h4-8,11,17,22H,9-10H2,1-3H3/t11-/m1/s1. The molecule has 0 saturated heterocycles. The highest BCUT2D eigenvalue weighted by Crippen LogP contribution is 2.24. The molecule has 122 valence electrons. The molecular formula is C16H21N5O2. The molecule has 2 N–H and O–H groups in total. The first-order valence-corrected chi connectivity index (χ1v) is 7.59. The molecule has 1 atom stereocenters. The third kappa shape index (κ3) is 3.34. The van der Waals surface area contributed by atoms with Crippen LogP contribution in [0.2, 0.25) is 0 Å². The van der Waals surface area contributed by atoms with Crippen LogP contribution < -0.4 is 4.74 Å². The Hall–Kier alpha value is -2.41. The van der Waals surface area contributed by atoms with E-state index >= 15 is 0 Å². The van der Waals surface area contributed by atoms with Gasteiger partial charge in [0.15, 0.2) is 5.82 Å². The first kappa shape index (κ1) is 15.5. The van der Waals surface area contributed by atoms with Crippen molar-refractivity contribution in [2.24, 2.45) is 0 Å². The van der Waals surface area contributed by atoms with Crippen LogP contribution in [0.3, 0.4) is 0 Å². The van der Waals surface area contributed by atoms with Gasteiger partial charge in [-0.2, -0.15) is 0 Å². The summed E-state index contributed by atoms with van der Waals surface area (Å²) in [6.45, 7) is 6.57. The van der Waals surface area contributed by atoms with Gasteiger partial charge < -0.3 is 14.8 Å². The highest BCUT2D eigenvalue weighted by Gasteiger charge is 2.23. The smallest absolute Gasteiger partial charge is 0.156 e. The number of tetrazole rings is 1. The zero-order chi connectivity index (χ0) is 16.4. The lowest BCUT2D eigenvalue weighted by Crippen LogP contribution is -2.28. The molecule has 3 aromatic rings. The molecule has 0 radical (unpaired) electrons. The summed E-state index contributed by atoms with van der Waals surface area (Å²) >= 11 is 0. The van der Waals surface area contributed by atoms with E-state index in [0.29, 0.717) is 6.54 Å². The minimum atomic E-state index is -0.700. The molecule has 1 aromatic carbocycles. The van der Waals surface area contributed by atoms with Crippen molar-refractivity contribution in [3.63, 3.8) is 0 Å².